The lowest BCUT2D eigenvalue weighted by atomic mass is 10.1. The first-order chi connectivity index (χ1) is 8.65. The van der Waals surface area contributed by atoms with Crippen molar-refractivity contribution in [1.82, 2.24) is 10.2 Å². The van der Waals surface area contributed by atoms with Crippen molar-refractivity contribution in [3.8, 4) is 0 Å². The van der Waals surface area contributed by atoms with Gasteiger partial charge in [0.2, 0.25) is 5.91 Å². The van der Waals surface area contributed by atoms with Gasteiger partial charge in [-0.2, -0.15) is 13.2 Å². The van der Waals surface area contributed by atoms with E-state index >= 15 is 0 Å². The lowest BCUT2D eigenvalue weighted by Crippen LogP contribution is -2.45. The second-order valence-electron chi connectivity index (χ2n) is 6.25. The van der Waals surface area contributed by atoms with E-state index < -0.39 is 24.2 Å². The summed E-state index contributed by atoms with van der Waals surface area (Å²) in [7, 11) is 0. The van der Waals surface area contributed by atoms with Gasteiger partial charge in [-0.3, -0.25) is 10.1 Å². The largest absolute Gasteiger partial charge is 0.391 e. The zero-order valence-corrected chi connectivity index (χ0v) is 11.5. The Morgan fingerprint density at radius 2 is 1.95 bits per heavy atom. The molecule has 2 atom stereocenters. The Morgan fingerprint density at radius 1 is 1.37 bits per heavy atom. The van der Waals surface area contributed by atoms with Crippen LogP contribution in [0.15, 0.2) is 0 Å². The summed E-state index contributed by atoms with van der Waals surface area (Å²) in [6.07, 6.45) is -3.25. The lowest BCUT2D eigenvalue weighted by Gasteiger charge is -2.31. The van der Waals surface area contributed by atoms with Crippen LogP contribution in [0.2, 0.25) is 0 Å². The highest BCUT2D eigenvalue weighted by Gasteiger charge is 2.60. The number of amides is 1. The molecule has 2 unspecified atom stereocenters. The first-order valence-electron chi connectivity index (χ1n) is 6.82. The number of alkyl halides is 3. The molecule has 0 aromatic heterocycles. The van der Waals surface area contributed by atoms with Crippen LogP contribution >= 0.6 is 0 Å². The van der Waals surface area contributed by atoms with E-state index in [4.69, 9.17) is 0 Å². The summed E-state index contributed by atoms with van der Waals surface area (Å²) < 4.78 is 37.6. The molecule has 1 heterocycles. The van der Waals surface area contributed by atoms with E-state index in [1.807, 2.05) is 13.8 Å². The summed E-state index contributed by atoms with van der Waals surface area (Å²) >= 11 is 0. The minimum Gasteiger partial charge on any atom is -0.322 e. The average molecular weight is 278 g/mol. The van der Waals surface area contributed by atoms with Gasteiger partial charge in [0.25, 0.3) is 0 Å². The van der Waals surface area contributed by atoms with Gasteiger partial charge in [-0.15, -0.1) is 0 Å². The van der Waals surface area contributed by atoms with Crippen LogP contribution in [0.25, 0.3) is 0 Å². The Bertz CT molecular complexity index is 363. The Labute approximate surface area is 111 Å². The quantitative estimate of drug-likeness (QED) is 0.857. The van der Waals surface area contributed by atoms with Crippen LogP contribution in [0.3, 0.4) is 0 Å². The van der Waals surface area contributed by atoms with Crippen molar-refractivity contribution in [1.29, 1.82) is 0 Å². The SMILES string of the molecule is CC(C)CC1NC2(CC2)C(=O)N1C(C)CC(F)(F)F. The summed E-state index contributed by atoms with van der Waals surface area (Å²) in [5, 5.41) is 3.25. The zero-order valence-electron chi connectivity index (χ0n) is 11.5. The van der Waals surface area contributed by atoms with Gasteiger partial charge in [-0.25, -0.2) is 0 Å². The number of nitrogens with zero attached hydrogens (tertiary/aromatic N) is 1. The molecule has 2 aliphatic rings. The fourth-order valence-electron chi connectivity index (χ4n) is 2.88. The van der Waals surface area contributed by atoms with Gasteiger partial charge in [-0.05, 0) is 32.1 Å². The smallest absolute Gasteiger partial charge is 0.322 e. The normalized spacial score (nSPS) is 27.4. The maximum atomic E-state index is 12.5. The van der Waals surface area contributed by atoms with Crippen molar-refractivity contribution < 1.29 is 18.0 Å². The van der Waals surface area contributed by atoms with Gasteiger partial charge < -0.3 is 4.90 Å². The molecule has 110 valence electrons. The lowest BCUT2D eigenvalue weighted by molar-refractivity contribution is -0.153. The zero-order chi connectivity index (χ0) is 14.4. The average Bonchev–Trinajstić information content (AvgIpc) is 2.89. The first kappa shape index (κ1) is 14.6. The highest BCUT2D eigenvalue weighted by atomic mass is 19.4. The Balaban J connectivity index is 2.12. The van der Waals surface area contributed by atoms with Gasteiger partial charge in [-0.1, -0.05) is 13.8 Å². The highest BCUT2D eigenvalue weighted by Crippen LogP contribution is 2.44. The molecule has 6 heteroatoms. The molecule has 1 aliphatic carbocycles. The minimum absolute atomic E-state index is 0.144. The molecule has 0 aromatic carbocycles. The molecule has 1 saturated carbocycles. The number of halogens is 3. The number of hydrogen-bond acceptors (Lipinski definition) is 2. The van der Waals surface area contributed by atoms with Crippen LogP contribution < -0.4 is 5.32 Å². The summed E-state index contributed by atoms with van der Waals surface area (Å²) in [6.45, 7) is 5.51. The molecule has 1 aliphatic heterocycles. The first-order valence-corrected chi connectivity index (χ1v) is 6.82. The van der Waals surface area contributed by atoms with Crippen LogP contribution in [-0.4, -0.2) is 34.7 Å². The third-order valence-electron chi connectivity index (χ3n) is 3.87. The van der Waals surface area contributed by atoms with Gasteiger partial charge in [0, 0.05) is 6.04 Å². The highest BCUT2D eigenvalue weighted by molar-refractivity contribution is 5.92. The molecule has 19 heavy (non-hydrogen) atoms. The van der Waals surface area contributed by atoms with E-state index in [0.29, 0.717) is 12.3 Å². The third kappa shape index (κ3) is 3.04. The van der Waals surface area contributed by atoms with Crippen molar-refractivity contribution in [2.75, 3.05) is 0 Å². The van der Waals surface area contributed by atoms with Crippen LogP contribution in [0.1, 0.15) is 46.5 Å². The Kier molecular flexibility index (Phi) is 3.58. The number of rotatable bonds is 4. The molecule has 1 amide bonds. The van der Waals surface area contributed by atoms with Gasteiger partial charge in [0.05, 0.1) is 18.1 Å². The van der Waals surface area contributed by atoms with Crippen molar-refractivity contribution >= 4 is 5.91 Å². The van der Waals surface area contributed by atoms with Crippen LogP contribution in [-0.2, 0) is 4.79 Å². The maximum Gasteiger partial charge on any atom is 0.391 e. The Morgan fingerprint density at radius 3 is 2.37 bits per heavy atom. The summed E-state index contributed by atoms with van der Waals surface area (Å²) in [5.41, 5.74) is -0.542. The molecule has 1 N–H and O–H groups in total. The monoisotopic (exact) mass is 278 g/mol. The van der Waals surface area contributed by atoms with E-state index in [-0.39, 0.29) is 12.1 Å². The van der Waals surface area contributed by atoms with Crippen LogP contribution in [0.4, 0.5) is 13.2 Å². The molecule has 1 spiro atoms. The summed E-state index contributed by atoms with van der Waals surface area (Å²) in [6, 6.07) is -0.802. The molecular formula is C13H21F3N2O. The van der Waals surface area contributed by atoms with E-state index in [1.165, 1.54) is 11.8 Å². The van der Waals surface area contributed by atoms with E-state index in [1.54, 1.807) is 0 Å². The fourth-order valence-corrected chi connectivity index (χ4v) is 2.88. The second-order valence-corrected chi connectivity index (χ2v) is 6.25. The molecule has 0 bridgehead atoms. The number of carbonyl (C=O) groups is 1. The van der Waals surface area contributed by atoms with E-state index in [0.717, 1.165) is 12.8 Å². The molecule has 1 saturated heterocycles. The molecule has 2 rings (SSSR count). The predicted molar refractivity (Wildman–Crippen MR) is 65.3 cm³/mol. The molecule has 2 fully saturated rings. The van der Waals surface area contributed by atoms with Gasteiger partial charge in [0.15, 0.2) is 0 Å². The van der Waals surface area contributed by atoms with Crippen molar-refractivity contribution in [3.05, 3.63) is 0 Å². The second kappa shape index (κ2) is 4.65. The fraction of sp³-hybridized carbons (Fsp3) is 0.923. The third-order valence-corrected chi connectivity index (χ3v) is 3.87. The standard InChI is InChI=1S/C13H21F3N2O/c1-8(2)6-10-17-12(4-5-12)11(19)18(10)9(3)7-13(14,15)16/h8-10,17H,4-7H2,1-3H3. The van der Waals surface area contributed by atoms with Crippen molar-refractivity contribution in [2.24, 2.45) is 5.92 Å². The molecule has 0 radical (unpaired) electrons. The molecular weight excluding hydrogens is 257 g/mol. The maximum absolute atomic E-state index is 12.5. The van der Waals surface area contributed by atoms with Crippen molar-refractivity contribution in [3.63, 3.8) is 0 Å². The van der Waals surface area contributed by atoms with E-state index in [2.05, 4.69) is 5.32 Å². The molecule has 0 aromatic rings. The van der Waals surface area contributed by atoms with Gasteiger partial charge in [0.1, 0.15) is 0 Å². The topological polar surface area (TPSA) is 32.3 Å². The van der Waals surface area contributed by atoms with Crippen molar-refractivity contribution in [2.45, 2.75) is 70.4 Å². The molecule has 3 nitrogen and oxygen atoms in total. The van der Waals surface area contributed by atoms with Crippen LogP contribution in [0, 0.1) is 5.92 Å². The van der Waals surface area contributed by atoms with Crippen LogP contribution in [0.5, 0.6) is 0 Å². The predicted octanol–water partition coefficient (Wildman–Crippen LogP) is 2.66. The van der Waals surface area contributed by atoms with Gasteiger partial charge >= 0.3 is 6.18 Å². The summed E-state index contributed by atoms with van der Waals surface area (Å²) in [5.74, 6) is 0.190. The summed E-state index contributed by atoms with van der Waals surface area (Å²) in [4.78, 5) is 13.7. The number of nitrogens with one attached hydrogen (secondary N) is 1. The number of carbonyl (C=O) groups excluding carboxylic acids is 1. The Hall–Kier alpha value is -0.780. The van der Waals surface area contributed by atoms with E-state index in [9.17, 15) is 18.0 Å². The number of hydrogen-bond donors (Lipinski definition) is 1. The minimum atomic E-state index is -4.23.